The molecule has 5 heteroatoms. The van der Waals surface area contributed by atoms with Crippen molar-refractivity contribution >= 4 is 39.9 Å². The number of hydrogen-bond donors (Lipinski definition) is 1. The normalized spacial score (nSPS) is 10.9. The molecule has 0 radical (unpaired) electrons. The van der Waals surface area contributed by atoms with Crippen LogP contribution in [0, 0.1) is 6.92 Å². The zero-order chi connectivity index (χ0) is 15.0. The number of nitrogens with one attached hydrogen (secondary N) is 1. The van der Waals surface area contributed by atoms with E-state index in [0.29, 0.717) is 27.2 Å². The van der Waals surface area contributed by atoms with Gasteiger partial charge in [0.2, 0.25) is 0 Å². The molecule has 0 saturated carbocycles. The monoisotopic (exact) mass is 317 g/mol. The van der Waals surface area contributed by atoms with Gasteiger partial charge in [-0.3, -0.25) is 0 Å². The van der Waals surface area contributed by atoms with Gasteiger partial charge in [0.1, 0.15) is 5.82 Å². The van der Waals surface area contributed by atoms with E-state index < -0.39 is 0 Å². The molecule has 0 fully saturated rings. The SMILES string of the molecule is CNc1nc(-c2cccc(C)c2)nc2c(Cl)cc(Cl)cc12. The van der Waals surface area contributed by atoms with Crippen LogP contribution in [0.15, 0.2) is 36.4 Å². The highest BCUT2D eigenvalue weighted by atomic mass is 35.5. The second-order valence-electron chi connectivity index (χ2n) is 4.80. The molecule has 3 rings (SSSR count). The van der Waals surface area contributed by atoms with Crippen molar-refractivity contribution in [2.75, 3.05) is 12.4 Å². The number of benzene rings is 2. The molecule has 3 nitrogen and oxygen atoms in total. The number of fused-ring (bicyclic) bond motifs is 1. The maximum atomic E-state index is 6.28. The number of anilines is 1. The zero-order valence-electron chi connectivity index (χ0n) is 11.6. The molecular weight excluding hydrogens is 305 g/mol. The van der Waals surface area contributed by atoms with E-state index in [-0.39, 0.29) is 0 Å². The molecule has 0 amide bonds. The van der Waals surface area contributed by atoms with Crippen molar-refractivity contribution in [2.24, 2.45) is 0 Å². The van der Waals surface area contributed by atoms with Crippen LogP contribution in [-0.4, -0.2) is 17.0 Å². The number of rotatable bonds is 2. The van der Waals surface area contributed by atoms with Crippen LogP contribution < -0.4 is 5.32 Å². The Morgan fingerprint density at radius 2 is 1.86 bits per heavy atom. The summed E-state index contributed by atoms with van der Waals surface area (Å²) in [6.45, 7) is 2.04. The summed E-state index contributed by atoms with van der Waals surface area (Å²) in [5, 5.41) is 4.98. The van der Waals surface area contributed by atoms with E-state index in [2.05, 4.69) is 15.3 Å². The molecule has 0 spiro atoms. The summed E-state index contributed by atoms with van der Waals surface area (Å²) in [5.41, 5.74) is 2.81. The standard InChI is InChI=1S/C16H13Cl2N3/c1-9-4-3-5-10(6-9)15-20-14-12(16(19-2)21-15)7-11(17)8-13(14)18/h3-8H,1-2H3,(H,19,20,21). The summed E-state index contributed by atoms with van der Waals surface area (Å²) >= 11 is 12.3. The van der Waals surface area contributed by atoms with Gasteiger partial charge in [-0.1, -0.05) is 47.0 Å². The van der Waals surface area contributed by atoms with Gasteiger partial charge < -0.3 is 5.32 Å². The highest BCUT2D eigenvalue weighted by Crippen LogP contribution is 2.32. The Balaban J connectivity index is 2.31. The minimum Gasteiger partial charge on any atom is -0.373 e. The molecule has 2 aromatic carbocycles. The third kappa shape index (κ3) is 2.67. The molecule has 0 saturated heterocycles. The van der Waals surface area contributed by atoms with Crippen molar-refractivity contribution in [3.05, 3.63) is 52.0 Å². The molecular formula is C16H13Cl2N3. The lowest BCUT2D eigenvalue weighted by molar-refractivity contribution is 1.21. The molecule has 0 atom stereocenters. The van der Waals surface area contributed by atoms with Crippen LogP contribution in [0.25, 0.3) is 22.3 Å². The fourth-order valence-corrected chi connectivity index (χ4v) is 2.80. The van der Waals surface area contributed by atoms with Crippen molar-refractivity contribution in [1.29, 1.82) is 0 Å². The van der Waals surface area contributed by atoms with E-state index in [0.717, 1.165) is 16.5 Å². The van der Waals surface area contributed by atoms with Crippen LogP contribution in [0.4, 0.5) is 5.82 Å². The molecule has 0 aliphatic heterocycles. The highest BCUT2D eigenvalue weighted by Gasteiger charge is 2.12. The summed E-state index contributed by atoms with van der Waals surface area (Å²) in [7, 11) is 1.82. The van der Waals surface area contributed by atoms with E-state index in [9.17, 15) is 0 Å². The second kappa shape index (κ2) is 5.51. The summed E-state index contributed by atoms with van der Waals surface area (Å²) in [5.74, 6) is 1.35. The van der Waals surface area contributed by atoms with E-state index in [1.807, 2.05) is 44.3 Å². The smallest absolute Gasteiger partial charge is 0.162 e. The number of halogens is 2. The summed E-state index contributed by atoms with van der Waals surface area (Å²) in [6, 6.07) is 11.6. The molecule has 106 valence electrons. The predicted octanol–water partition coefficient (Wildman–Crippen LogP) is 4.95. The van der Waals surface area contributed by atoms with Gasteiger partial charge in [-0.25, -0.2) is 9.97 Å². The average molecular weight is 318 g/mol. The number of aromatic nitrogens is 2. The van der Waals surface area contributed by atoms with Crippen LogP contribution in [0.1, 0.15) is 5.56 Å². The van der Waals surface area contributed by atoms with E-state index in [4.69, 9.17) is 23.2 Å². The second-order valence-corrected chi connectivity index (χ2v) is 5.64. The van der Waals surface area contributed by atoms with Gasteiger partial charge in [-0.05, 0) is 25.1 Å². The fourth-order valence-electron chi connectivity index (χ4n) is 2.26. The van der Waals surface area contributed by atoms with Crippen molar-refractivity contribution in [3.8, 4) is 11.4 Å². The Morgan fingerprint density at radius 3 is 2.57 bits per heavy atom. The molecule has 0 bridgehead atoms. The van der Waals surface area contributed by atoms with E-state index in [1.165, 1.54) is 0 Å². The van der Waals surface area contributed by atoms with Crippen molar-refractivity contribution in [1.82, 2.24) is 9.97 Å². The van der Waals surface area contributed by atoms with Crippen LogP contribution in [0.3, 0.4) is 0 Å². The average Bonchev–Trinajstić information content (AvgIpc) is 2.46. The van der Waals surface area contributed by atoms with Crippen molar-refractivity contribution < 1.29 is 0 Å². The largest absolute Gasteiger partial charge is 0.373 e. The lowest BCUT2D eigenvalue weighted by Gasteiger charge is -2.10. The maximum Gasteiger partial charge on any atom is 0.162 e. The lowest BCUT2D eigenvalue weighted by atomic mass is 10.1. The van der Waals surface area contributed by atoms with Gasteiger partial charge in [-0.2, -0.15) is 0 Å². The molecule has 3 aromatic rings. The maximum absolute atomic E-state index is 6.28. The van der Waals surface area contributed by atoms with Crippen molar-refractivity contribution in [2.45, 2.75) is 6.92 Å². The summed E-state index contributed by atoms with van der Waals surface area (Å²) in [4.78, 5) is 9.17. The topological polar surface area (TPSA) is 37.8 Å². The van der Waals surface area contributed by atoms with Gasteiger partial charge in [-0.15, -0.1) is 0 Å². The minimum absolute atomic E-state index is 0.519. The van der Waals surface area contributed by atoms with Gasteiger partial charge in [0.15, 0.2) is 5.82 Å². The Bertz CT molecular complexity index is 831. The Kier molecular flexibility index (Phi) is 3.70. The third-order valence-electron chi connectivity index (χ3n) is 3.23. The number of nitrogens with zero attached hydrogens (tertiary/aromatic N) is 2. The van der Waals surface area contributed by atoms with Crippen LogP contribution in [0.5, 0.6) is 0 Å². The minimum atomic E-state index is 0.519. The van der Waals surface area contributed by atoms with Crippen molar-refractivity contribution in [3.63, 3.8) is 0 Å². The highest BCUT2D eigenvalue weighted by molar-refractivity contribution is 6.38. The first kappa shape index (κ1) is 14.1. The fraction of sp³-hybridized carbons (Fsp3) is 0.125. The third-order valence-corrected chi connectivity index (χ3v) is 3.74. The Labute approximate surface area is 132 Å². The zero-order valence-corrected chi connectivity index (χ0v) is 13.1. The number of aryl methyl sites for hydroxylation is 1. The molecule has 1 aromatic heterocycles. The number of hydrogen-bond acceptors (Lipinski definition) is 3. The van der Waals surface area contributed by atoms with Gasteiger partial charge >= 0.3 is 0 Å². The van der Waals surface area contributed by atoms with Crippen LogP contribution in [-0.2, 0) is 0 Å². The molecule has 0 aliphatic rings. The predicted molar refractivity (Wildman–Crippen MR) is 89.3 cm³/mol. The molecule has 1 N–H and O–H groups in total. The van der Waals surface area contributed by atoms with E-state index in [1.54, 1.807) is 6.07 Å². The molecule has 0 unspecified atom stereocenters. The first-order valence-electron chi connectivity index (χ1n) is 6.50. The first-order valence-corrected chi connectivity index (χ1v) is 7.25. The van der Waals surface area contributed by atoms with Crippen LogP contribution in [0.2, 0.25) is 10.0 Å². The van der Waals surface area contributed by atoms with E-state index >= 15 is 0 Å². The lowest BCUT2D eigenvalue weighted by Crippen LogP contribution is -1.99. The molecule has 21 heavy (non-hydrogen) atoms. The summed E-state index contributed by atoms with van der Waals surface area (Å²) < 4.78 is 0. The molecule has 1 heterocycles. The molecule has 0 aliphatic carbocycles. The summed E-state index contributed by atoms with van der Waals surface area (Å²) in [6.07, 6.45) is 0. The Morgan fingerprint density at radius 1 is 1.05 bits per heavy atom. The van der Waals surface area contributed by atoms with Gasteiger partial charge in [0.05, 0.1) is 10.5 Å². The first-order chi connectivity index (χ1) is 10.1. The van der Waals surface area contributed by atoms with Crippen LogP contribution >= 0.6 is 23.2 Å². The Hall–Kier alpha value is -1.84. The quantitative estimate of drug-likeness (QED) is 0.726. The van der Waals surface area contributed by atoms with Gasteiger partial charge in [0, 0.05) is 23.0 Å². The van der Waals surface area contributed by atoms with Gasteiger partial charge in [0.25, 0.3) is 0 Å².